The normalized spacial score (nSPS) is 18.8. The Morgan fingerprint density at radius 3 is 2.26 bits per heavy atom. The van der Waals surface area contributed by atoms with Crippen LogP contribution in [0.4, 0.5) is 11.4 Å². The van der Waals surface area contributed by atoms with Crippen LogP contribution in [0.25, 0.3) is 0 Å². The van der Waals surface area contributed by atoms with Gasteiger partial charge in [0.15, 0.2) is 5.78 Å². The van der Waals surface area contributed by atoms with Gasteiger partial charge in [-0.25, -0.2) is 0 Å². The van der Waals surface area contributed by atoms with Crippen LogP contribution in [0.2, 0.25) is 0 Å². The minimum Gasteiger partial charge on any atom is -0.497 e. The van der Waals surface area contributed by atoms with Crippen LogP contribution in [0.5, 0.6) is 5.75 Å². The predicted molar refractivity (Wildman–Crippen MR) is 124 cm³/mol. The fourth-order valence-corrected chi connectivity index (χ4v) is 4.81. The van der Waals surface area contributed by atoms with E-state index in [0.29, 0.717) is 12.8 Å². The van der Waals surface area contributed by atoms with Crippen molar-refractivity contribution < 1.29 is 14.3 Å². The maximum absolute atomic E-state index is 13.3. The van der Waals surface area contributed by atoms with Crippen LogP contribution < -0.4 is 14.5 Å². The average molecular weight is 419 g/mol. The van der Waals surface area contributed by atoms with Crippen molar-refractivity contribution >= 4 is 23.1 Å². The lowest BCUT2D eigenvalue weighted by molar-refractivity contribution is -0.119. The van der Waals surface area contributed by atoms with E-state index in [9.17, 15) is 9.59 Å². The van der Waals surface area contributed by atoms with Crippen LogP contribution in [0, 0.1) is 0 Å². The van der Waals surface area contributed by atoms with E-state index in [0.717, 1.165) is 54.2 Å². The number of ketones is 1. The largest absolute Gasteiger partial charge is 0.497 e. The molecule has 1 aliphatic heterocycles. The summed E-state index contributed by atoms with van der Waals surface area (Å²) in [6, 6.07) is 15.9. The van der Waals surface area contributed by atoms with Crippen LogP contribution in [0.3, 0.4) is 0 Å². The van der Waals surface area contributed by atoms with E-state index in [-0.39, 0.29) is 17.6 Å². The monoisotopic (exact) mass is 418 g/mol. The molecule has 0 spiro atoms. The molecule has 5 nitrogen and oxygen atoms in total. The van der Waals surface area contributed by atoms with Crippen molar-refractivity contribution in [3.63, 3.8) is 0 Å². The highest BCUT2D eigenvalue weighted by Gasteiger charge is 2.39. The lowest BCUT2D eigenvalue weighted by Crippen LogP contribution is -2.40. The van der Waals surface area contributed by atoms with E-state index in [4.69, 9.17) is 4.74 Å². The summed E-state index contributed by atoms with van der Waals surface area (Å²) in [5.74, 6) is 0.783. The Balaban J connectivity index is 1.73. The maximum atomic E-state index is 13.3. The lowest BCUT2D eigenvalue weighted by Gasteiger charge is -2.38. The van der Waals surface area contributed by atoms with Gasteiger partial charge >= 0.3 is 0 Å². The highest BCUT2D eigenvalue weighted by molar-refractivity contribution is 6.07. The topological polar surface area (TPSA) is 49.9 Å². The molecular weight excluding hydrogens is 388 g/mol. The first-order valence-corrected chi connectivity index (χ1v) is 11.2. The number of anilines is 2. The summed E-state index contributed by atoms with van der Waals surface area (Å²) < 4.78 is 5.25. The predicted octanol–water partition coefficient (Wildman–Crippen LogP) is 5.07. The van der Waals surface area contributed by atoms with E-state index in [1.165, 1.54) is 5.69 Å². The van der Waals surface area contributed by atoms with Gasteiger partial charge in [0.25, 0.3) is 0 Å². The Labute approximate surface area is 184 Å². The number of rotatable bonds is 6. The molecule has 1 heterocycles. The van der Waals surface area contributed by atoms with Gasteiger partial charge in [-0.1, -0.05) is 12.1 Å². The van der Waals surface area contributed by atoms with Gasteiger partial charge in [0.1, 0.15) is 5.75 Å². The quantitative estimate of drug-likeness (QED) is 0.657. The third-order valence-corrected chi connectivity index (χ3v) is 6.43. The van der Waals surface area contributed by atoms with E-state index < -0.39 is 0 Å². The van der Waals surface area contributed by atoms with Gasteiger partial charge in [0, 0.05) is 54.5 Å². The number of nitrogens with zero attached hydrogens (tertiary/aromatic N) is 2. The molecule has 0 aromatic heterocycles. The fourth-order valence-electron chi connectivity index (χ4n) is 4.81. The molecule has 1 unspecified atom stereocenters. The number of carbonyl (C=O) groups excluding carboxylic acids is 2. The summed E-state index contributed by atoms with van der Waals surface area (Å²) in [4.78, 5) is 30.4. The number of Topliss-reactive ketones (excluding diaryl/α,β-unsaturated/α-hetero) is 1. The molecule has 1 atom stereocenters. The summed E-state index contributed by atoms with van der Waals surface area (Å²) in [5, 5.41) is 0. The van der Waals surface area contributed by atoms with E-state index in [2.05, 4.69) is 43.0 Å². The van der Waals surface area contributed by atoms with Gasteiger partial charge in [-0.2, -0.15) is 0 Å². The molecule has 0 bridgehead atoms. The third-order valence-electron chi connectivity index (χ3n) is 6.43. The van der Waals surface area contributed by atoms with Gasteiger partial charge in [-0.05, 0) is 68.7 Å². The fraction of sp³-hybridized carbons (Fsp3) is 0.385. The van der Waals surface area contributed by atoms with E-state index >= 15 is 0 Å². The SMILES string of the molecule is CCN(CC)c1ccc(C2CC(=O)N(c3ccc(OC)cc3)C3=C2C(=O)CCC3)cc1. The second kappa shape index (κ2) is 8.96. The molecule has 162 valence electrons. The van der Waals surface area contributed by atoms with Gasteiger partial charge in [-0.3, -0.25) is 14.5 Å². The average Bonchev–Trinajstić information content (AvgIpc) is 2.80. The second-order valence-electron chi connectivity index (χ2n) is 8.08. The van der Waals surface area contributed by atoms with Gasteiger partial charge < -0.3 is 9.64 Å². The Hall–Kier alpha value is -3.08. The molecule has 5 heteroatoms. The number of methoxy groups -OCH3 is 1. The molecule has 0 N–H and O–H groups in total. The highest BCUT2D eigenvalue weighted by atomic mass is 16.5. The van der Waals surface area contributed by atoms with Crippen LogP contribution in [0.15, 0.2) is 59.8 Å². The van der Waals surface area contributed by atoms with Crippen molar-refractivity contribution in [1.82, 2.24) is 0 Å². The molecule has 2 aliphatic rings. The van der Waals surface area contributed by atoms with Crippen LogP contribution in [-0.4, -0.2) is 31.9 Å². The number of amides is 1. The summed E-state index contributed by atoms with van der Waals surface area (Å²) >= 11 is 0. The molecule has 2 aromatic rings. The van der Waals surface area contributed by atoms with Gasteiger partial charge in [0.05, 0.1) is 7.11 Å². The highest BCUT2D eigenvalue weighted by Crippen LogP contribution is 2.43. The number of ether oxygens (including phenoxy) is 1. The molecule has 0 fully saturated rings. The molecule has 0 saturated heterocycles. The summed E-state index contributed by atoms with van der Waals surface area (Å²) in [6.07, 6.45) is 2.39. The first-order valence-electron chi connectivity index (χ1n) is 11.2. The van der Waals surface area contributed by atoms with Crippen molar-refractivity contribution in [1.29, 1.82) is 0 Å². The van der Waals surface area contributed by atoms with E-state index in [1.54, 1.807) is 12.0 Å². The van der Waals surface area contributed by atoms with Crippen molar-refractivity contribution in [2.75, 3.05) is 30.0 Å². The Kier molecular flexibility index (Phi) is 6.12. The second-order valence-corrected chi connectivity index (χ2v) is 8.08. The smallest absolute Gasteiger partial charge is 0.232 e. The molecule has 4 rings (SSSR count). The number of allylic oxidation sites excluding steroid dienone is 2. The van der Waals surface area contributed by atoms with Crippen molar-refractivity contribution in [2.45, 2.75) is 45.4 Å². The first-order chi connectivity index (χ1) is 15.1. The molecular formula is C26H30N2O3. The zero-order valence-corrected chi connectivity index (χ0v) is 18.6. The summed E-state index contributed by atoms with van der Waals surface area (Å²) in [5.41, 5.74) is 4.69. The van der Waals surface area contributed by atoms with Crippen molar-refractivity contribution in [2.24, 2.45) is 0 Å². The Bertz CT molecular complexity index is 988. The van der Waals surface area contributed by atoms with Crippen LogP contribution >= 0.6 is 0 Å². The Morgan fingerprint density at radius 1 is 0.968 bits per heavy atom. The van der Waals surface area contributed by atoms with Crippen molar-refractivity contribution in [3.8, 4) is 5.75 Å². The molecule has 1 aliphatic carbocycles. The summed E-state index contributed by atoms with van der Waals surface area (Å²) in [7, 11) is 1.62. The number of hydrogen-bond acceptors (Lipinski definition) is 4. The molecule has 0 saturated carbocycles. The van der Waals surface area contributed by atoms with Crippen LogP contribution in [0.1, 0.15) is 51.0 Å². The minimum atomic E-state index is -0.171. The van der Waals surface area contributed by atoms with E-state index in [1.807, 2.05) is 24.3 Å². The number of benzene rings is 2. The van der Waals surface area contributed by atoms with Gasteiger partial charge in [0.2, 0.25) is 5.91 Å². The Morgan fingerprint density at radius 2 is 1.65 bits per heavy atom. The minimum absolute atomic E-state index is 0.0384. The molecule has 2 aromatic carbocycles. The third kappa shape index (κ3) is 3.97. The summed E-state index contributed by atoms with van der Waals surface area (Å²) in [6.45, 7) is 6.18. The number of carbonyl (C=O) groups is 2. The lowest BCUT2D eigenvalue weighted by atomic mass is 9.77. The van der Waals surface area contributed by atoms with Crippen molar-refractivity contribution in [3.05, 3.63) is 65.4 Å². The number of hydrogen-bond donors (Lipinski definition) is 0. The van der Waals surface area contributed by atoms with Crippen LogP contribution in [-0.2, 0) is 9.59 Å². The molecule has 1 amide bonds. The van der Waals surface area contributed by atoms with Gasteiger partial charge in [-0.15, -0.1) is 0 Å². The first kappa shape index (κ1) is 21.2. The zero-order valence-electron chi connectivity index (χ0n) is 18.6. The zero-order chi connectivity index (χ0) is 22.0. The molecule has 0 radical (unpaired) electrons. The standard InChI is InChI=1S/C26H30N2O3/c1-4-27(5-2)19-11-9-18(10-12-19)22-17-25(30)28(20-13-15-21(31-3)16-14-20)23-7-6-8-24(29)26(22)23/h9-16,22H,4-8,17H2,1-3H3. The molecule has 31 heavy (non-hydrogen) atoms. The maximum Gasteiger partial charge on any atom is 0.232 e.